The minimum absolute atomic E-state index is 0.0457. The van der Waals surface area contributed by atoms with Crippen LogP contribution in [0.5, 0.6) is 0 Å². The van der Waals surface area contributed by atoms with E-state index >= 15 is 0 Å². The predicted octanol–water partition coefficient (Wildman–Crippen LogP) is 10.6. The largest absolute Gasteiger partial charge is 0.381 e. The number of rotatable bonds is 6. The van der Waals surface area contributed by atoms with E-state index in [-0.39, 0.29) is 5.78 Å². The third-order valence-electron chi connectivity index (χ3n) is 5.76. The van der Waals surface area contributed by atoms with E-state index in [9.17, 15) is 4.79 Å². The molecule has 36 heavy (non-hydrogen) atoms. The van der Waals surface area contributed by atoms with Crippen LogP contribution in [0.25, 0.3) is 23.1 Å². The zero-order valence-electron chi connectivity index (χ0n) is 22.8. The molecule has 3 nitrogen and oxygen atoms in total. The van der Waals surface area contributed by atoms with E-state index in [1.165, 1.54) is 32.1 Å². The van der Waals surface area contributed by atoms with E-state index in [0.29, 0.717) is 10.6 Å². The van der Waals surface area contributed by atoms with Crippen molar-refractivity contribution in [3.8, 4) is 0 Å². The minimum atomic E-state index is 0.0457. The zero-order valence-corrected chi connectivity index (χ0v) is 25.1. The summed E-state index contributed by atoms with van der Waals surface area (Å²) in [6.07, 6.45) is 10.7. The molecule has 0 unspecified atom stereocenters. The molecule has 0 atom stereocenters. The first-order valence-electron chi connectivity index (χ1n) is 13.3. The van der Waals surface area contributed by atoms with Gasteiger partial charge in [-0.2, -0.15) is 0 Å². The van der Waals surface area contributed by atoms with Gasteiger partial charge in [0.25, 0.3) is 0 Å². The highest BCUT2D eigenvalue weighted by Gasteiger charge is 2.14. The van der Waals surface area contributed by atoms with Crippen LogP contribution in [0.2, 0.25) is 5.02 Å². The molecule has 1 fully saturated rings. The van der Waals surface area contributed by atoms with E-state index in [1.807, 2.05) is 82.3 Å². The Morgan fingerprint density at radius 2 is 1.69 bits per heavy atom. The number of Topliss-reactive ketones (excluding diaryl/α,β-unsaturated/α-hetero) is 1. The number of carbonyl (C=O) groups is 1. The normalized spacial score (nSPS) is 13.2. The van der Waals surface area contributed by atoms with E-state index < -0.39 is 0 Å². The molecule has 3 aromatic rings. The topological polar surface area (TPSA) is 42.1 Å². The van der Waals surface area contributed by atoms with Gasteiger partial charge in [0.2, 0.25) is 0 Å². The standard InChI is InChI=1S/C18H13BrClNO.C9H18O.2C2H6/c1-11(22)18-15-8-5-13(19)10-17(15)21-16(18)9-4-12-2-6-14(20)7-3-12;1-2-3-4-9-5-7-10-8-6-9;2*1-2/h2-10,21H,1H3;9H,2-8H2,1H3;2*1-2H3/b9-4+;;;. The first-order valence-corrected chi connectivity index (χ1v) is 14.5. The highest BCUT2D eigenvalue weighted by Crippen LogP contribution is 2.27. The number of ketones is 1. The second-order valence-electron chi connectivity index (χ2n) is 8.24. The molecule has 1 N–H and O–H groups in total. The van der Waals surface area contributed by atoms with Crippen molar-refractivity contribution in [3.63, 3.8) is 0 Å². The summed E-state index contributed by atoms with van der Waals surface area (Å²) in [7, 11) is 0. The lowest BCUT2D eigenvalue weighted by molar-refractivity contribution is 0.0632. The number of H-pyrrole nitrogens is 1. The first-order chi connectivity index (χ1) is 17.5. The molecule has 4 rings (SSSR count). The van der Waals surface area contributed by atoms with Gasteiger partial charge in [0.15, 0.2) is 5.78 Å². The second-order valence-corrected chi connectivity index (χ2v) is 9.59. The van der Waals surface area contributed by atoms with Gasteiger partial charge in [0, 0.05) is 33.6 Å². The summed E-state index contributed by atoms with van der Waals surface area (Å²) in [5.74, 6) is 1.03. The minimum Gasteiger partial charge on any atom is -0.381 e. The van der Waals surface area contributed by atoms with Crippen molar-refractivity contribution in [2.45, 2.75) is 73.6 Å². The number of benzene rings is 2. The van der Waals surface area contributed by atoms with Crippen molar-refractivity contribution >= 4 is 56.4 Å². The lowest BCUT2D eigenvalue weighted by Crippen LogP contribution is -2.15. The fourth-order valence-corrected chi connectivity index (χ4v) is 4.46. The molecule has 2 heterocycles. The summed E-state index contributed by atoms with van der Waals surface area (Å²) in [5, 5.41) is 1.64. The Morgan fingerprint density at radius 1 is 1.06 bits per heavy atom. The molecule has 5 heteroatoms. The van der Waals surface area contributed by atoms with Gasteiger partial charge in [0.05, 0.1) is 11.3 Å². The molecular weight excluding hydrogens is 534 g/mol. The third kappa shape index (κ3) is 10.6. The maximum atomic E-state index is 12.0. The first kappa shape index (κ1) is 32.1. The Labute approximate surface area is 231 Å². The van der Waals surface area contributed by atoms with Crippen LogP contribution in [0.1, 0.15) is 95.3 Å². The van der Waals surface area contributed by atoms with Crippen LogP contribution in [0.4, 0.5) is 0 Å². The summed E-state index contributed by atoms with van der Waals surface area (Å²) >= 11 is 9.33. The maximum Gasteiger partial charge on any atom is 0.162 e. The number of fused-ring (bicyclic) bond motifs is 1. The fraction of sp³-hybridized carbons (Fsp3) is 0.452. The molecule has 0 radical (unpaired) electrons. The number of aromatic amines is 1. The third-order valence-corrected chi connectivity index (χ3v) is 6.51. The van der Waals surface area contributed by atoms with Gasteiger partial charge in [-0.25, -0.2) is 0 Å². The van der Waals surface area contributed by atoms with Gasteiger partial charge in [-0.1, -0.05) is 106 Å². The lowest BCUT2D eigenvalue weighted by atomic mass is 9.94. The lowest BCUT2D eigenvalue weighted by Gasteiger charge is -2.21. The summed E-state index contributed by atoms with van der Waals surface area (Å²) < 4.78 is 6.26. The van der Waals surface area contributed by atoms with Crippen molar-refractivity contribution in [3.05, 3.63) is 68.8 Å². The molecule has 0 amide bonds. The quantitative estimate of drug-likeness (QED) is 0.297. The molecule has 198 valence electrons. The average molecular weight is 577 g/mol. The smallest absolute Gasteiger partial charge is 0.162 e. The molecule has 2 aromatic carbocycles. The van der Waals surface area contributed by atoms with Crippen molar-refractivity contribution in [1.29, 1.82) is 0 Å². The number of unbranched alkanes of at least 4 members (excludes halogenated alkanes) is 1. The Hall–Kier alpha value is -1.88. The summed E-state index contributed by atoms with van der Waals surface area (Å²) in [6.45, 7) is 13.9. The molecule has 0 saturated carbocycles. The maximum absolute atomic E-state index is 12.0. The van der Waals surface area contributed by atoms with Gasteiger partial charge in [-0.3, -0.25) is 4.79 Å². The van der Waals surface area contributed by atoms with Crippen molar-refractivity contribution in [1.82, 2.24) is 4.98 Å². The monoisotopic (exact) mass is 575 g/mol. The van der Waals surface area contributed by atoms with Crippen LogP contribution in [-0.4, -0.2) is 24.0 Å². The van der Waals surface area contributed by atoms with Gasteiger partial charge in [0.1, 0.15) is 0 Å². The van der Waals surface area contributed by atoms with Crippen molar-refractivity contribution in [2.75, 3.05) is 13.2 Å². The van der Waals surface area contributed by atoms with E-state index in [0.717, 1.165) is 45.8 Å². The summed E-state index contributed by atoms with van der Waals surface area (Å²) in [5.41, 5.74) is 3.50. The van der Waals surface area contributed by atoms with Gasteiger partial charge in [-0.05, 0) is 61.6 Å². The zero-order chi connectivity index (χ0) is 26.9. The Balaban J connectivity index is 0.000000388. The molecule has 0 bridgehead atoms. The van der Waals surface area contributed by atoms with Gasteiger partial charge >= 0.3 is 0 Å². The van der Waals surface area contributed by atoms with Crippen LogP contribution < -0.4 is 0 Å². The second kappa shape index (κ2) is 18.4. The average Bonchev–Trinajstić information content (AvgIpc) is 3.28. The highest BCUT2D eigenvalue weighted by atomic mass is 79.9. The predicted molar refractivity (Wildman–Crippen MR) is 162 cm³/mol. The van der Waals surface area contributed by atoms with Crippen LogP contribution in [-0.2, 0) is 4.74 Å². The number of hydrogen-bond donors (Lipinski definition) is 1. The molecule has 1 aromatic heterocycles. The summed E-state index contributed by atoms with van der Waals surface area (Å²) in [4.78, 5) is 15.3. The fourth-order valence-electron chi connectivity index (χ4n) is 3.98. The summed E-state index contributed by atoms with van der Waals surface area (Å²) in [6, 6.07) is 13.4. The van der Waals surface area contributed by atoms with Gasteiger partial charge in [-0.15, -0.1) is 0 Å². The van der Waals surface area contributed by atoms with Crippen LogP contribution >= 0.6 is 27.5 Å². The highest BCUT2D eigenvalue weighted by molar-refractivity contribution is 9.10. The molecule has 0 aliphatic carbocycles. The van der Waals surface area contributed by atoms with Crippen LogP contribution in [0.3, 0.4) is 0 Å². The van der Waals surface area contributed by atoms with E-state index in [1.54, 1.807) is 6.92 Å². The van der Waals surface area contributed by atoms with E-state index in [2.05, 4.69) is 27.8 Å². The number of hydrogen-bond acceptors (Lipinski definition) is 2. The van der Waals surface area contributed by atoms with Crippen molar-refractivity contribution < 1.29 is 9.53 Å². The number of halogens is 2. The molecule has 1 saturated heterocycles. The SMILES string of the molecule is CC.CC.CC(=O)c1c(/C=C/c2ccc(Cl)cc2)[nH]c2cc(Br)ccc12.CCCCC1CCOCC1. The van der Waals surface area contributed by atoms with E-state index in [4.69, 9.17) is 16.3 Å². The molecule has 1 aliphatic rings. The Kier molecular flexibility index (Phi) is 16.4. The van der Waals surface area contributed by atoms with Crippen LogP contribution in [0, 0.1) is 5.92 Å². The molecule has 0 spiro atoms. The van der Waals surface area contributed by atoms with Gasteiger partial charge < -0.3 is 9.72 Å². The Morgan fingerprint density at radius 3 is 2.28 bits per heavy atom. The number of aromatic nitrogens is 1. The van der Waals surface area contributed by atoms with Crippen LogP contribution in [0.15, 0.2) is 46.9 Å². The Bertz CT molecular complexity index is 1050. The number of carbonyl (C=O) groups excluding carboxylic acids is 1. The number of ether oxygens (including phenoxy) is 1. The van der Waals surface area contributed by atoms with Crippen molar-refractivity contribution in [2.24, 2.45) is 5.92 Å². The molecular formula is C31H43BrClNO2. The number of nitrogens with one attached hydrogen (secondary N) is 1. The molecule has 1 aliphatic heterocycles.